The molecule has 3 aliphatic heterocycles. The standard InChI is InChI=1S/C21H31BrO6Si/c1-20(2,3)29(5,6)27-10-13-11(18(23)25-4)7-12-15-8-16-21(22,19(24)28-15)17(12)14(13)9-26-16/h7,11,13-17H,8-10H2,1-6H3/t11-,13+,14?,15-,16-,17-,21-/m0/s1. The molecule has 8 heteroatoms. The van der Waals surface area contributed by atoms with E-state index in [9.17, 15) is 9.59 Å². The van der Waals surface area contributed by atoms with E-state index in [1.54, 1.807) is 0 Å². The van der Waals surface area contributed by atoms with Crippen LogP contribution >= 0.6 is 15.9 Å². The highest BCUT2D eigenvalue weighted by Crippen LogP contribution is 2.61. The summed E-state index contributed by atoms with van der Waals surface area (Å²) < 4.78 is 22.6. The molecule has 5 rings (SSSR count). The number of ether oxygens (including phenoxy) is 3. The van der Waals surface area contributed by atoms with Gasteiger partial charge in [0.05, 0.1) is 25.7 Å². The maximum Gasteiger partial charge on any atom is 0.326 e. The summed E-state index contributed by atoms with van der Waals surface area (Å²) in [4.78, 5) is 25.5. The fraction of sp³-hybridized carbons (Fsp3) is 0.810. The van der Waals surface area contributed by atoms with Gasteiger partial charge in [0, 0.05) is 24.9 Å². The van der Waals surface area contributed by atoms with Crippen molar-refractivity contribution in [3.63, 3.8) is 0 Å². The lowest BCUT2D eigenvalue weighted by Crippen LogP contribution is -2.71. The summed E-state index contributed by atoms with van der Waals surface area (Å²) in [6.45, 7) is 12.0. The van der Waals surface area contributed by atoms with Crippen LogP contribution in [-0.2, 0) is 28.2 Å². The number of carbonyl (C=O) groups is 2. The minimum atomic E-state index is -2.00. The highest BCUT2D eigenvalue weighted by Gasteiger charge is 2.69. The number of hydrogen-bond acceptors (Lipinski definition) is 6. The molecule has 4 fully saturated rings. The molecule has 29 heavy (non-hydrogen) atoms. The van der Waals surface area contributed by atoms with Crippen molar-refractivity contribution in [3.05, 3.63) is 11.6 Å². The Labute approximate surface area is 181 Å². The molecule has 0 amide bonds. The average molecular weight is 487 g/mol. The Hall–Kier alpha value is -0.703. The van der Waals surface area contributed by atoms with E-state index in [1.165, 1.54) is 7.11 Å². The summed E-state index contributed by atoms with van der Waals surface area (Å²) in [5.74, 6) is -1.07. The Balaban J connectivity index is 1.71. The van der Waals surface area contributed by atoms with Crippen LogP contribution in [0.25, 0.3) is 0 Å². The normalized spacial score (nSPS) is 40.9. The fourth-order valence-electron chi connectivity index (χ4n) is 5.12. The largest absolute Gasteiger partial charge is 0.469 e. The second-order valence-electron chi connectivity index (χ2n) is 10.3. The second-order valence-corrected chi connectivity index (χ2v) is 16.4. The SMILES string of the molecule is COC(=O)[C@H]1C=C2[C@@H]3C[C@@H]4OCC([C@@H]1CO[Si](C)(C)C(C)(C)C)[C@H]2[C@]4(Br)C(=O)O3. The van der Waals surface area contributed by atoms with Gasteiger partial charge in [0.2, 0.25) is 0 Å². The Morgan fingerprint density at radius 1 is 1.38 bits per heavy atom. The quantitative estimate of drug-likeness (QED) is 0.262. The van der Waals surface area contributed by atoms with E-state index in [1.807, 2.05) is 6.08 Å². The molecule has 2 aliphatic carbocycles. The first-order valence-electron chi connectivity index (χ1n) is 10.4. The molecule has 0 aromatic heterocycles. The number of fused-ring (bicyclic) bond motifs is 1. The van der Waals surface area contributed by atoms with Crippen molar-refractivity contribution in [3.8, 4) is 0 Å². The molecule has 162 valence electrons. The molecule has 1 unspecified atom stereocenters. The van der Waals surface area contributed by atoms with Gasteiger partial charge in [0.15, 0.2) is 12.6 Å². The third-order valence-corrected chi connectivity index (χ3v) is 13.7. The molecule has 5 aliphatic rings. The van der Waals surface area contributed by atoms with Gasteiger partial charge in [-0.1, -0.05) is 42.8 Å². The first-order valence-corrected chi connectivity index (χ1v) is 14.1. The predicted molar refractivity (Wildman–Crippen MR) is 113 cm³/mol. The zero-order valence-corrected chi connectivity index (χ0v) is 20.6. The maximum atomic E-state index is 12.8. The summed E-state index contributed by atoms with van der Waals surface area (Å²) in [6.07, 6.45) is 2.13. The molecule has 0 aromatic carbocycles. The average Bonchev–Trinajstić information content (AvgIpc) is 2.63. The Bertz CT molecular complexity index is 759. The van der Waals surface area contributed by atoms with Crippen LogP contribution in [0, 0.1) is 23.7 Å². The molecule has 3 heterocycles. The number of rotatable bonds is 4. The monoisotopic (exact) mass is 486 g/mol. The zero-order chi connectivity index (χ0) is 21.4. The van der Waals surface area contributed by atoms with Crippen LogP contribution in [0.2, 0.25) is 18.1 Å². The molecular formula is C21H31BrO6Si. The van der Waals surface area contributed by atoms with Crippen molar-refractivity contribution >= 4 is 36.2 Å². The van der Waals surface area contributed by atoms with Crippen LogP contribution in [0.4, 0.5) is 0 Å². The molecule has 0 N–H and O–H groups in total. The fourth-order valence-corrected chi connectivity index (χ4v) is 7.18. The van der Waals surface area contributed by atoms with E-state index in [-0.39, 0.29) is 46.9 Å². The summed E-state index contributed by atoms with van der Waals surface area (Å²) in [5.41, 5.74) is 1.05. The molecule has 0 aromatic rings. The molecule has 0 radical (unpaired) electrons. The third-order valence-electron chi connectivity index (χ3n) is 7.86. The van der Waals surface area contributed by atoms with Crippen molar-refractivity contribution < 1.29 is 28.2 Å². The minimum Gasteiger partial charge on any atom is -0.469 e. The van der Waals surface area contributed by atoms with Crippen molar-refractivity contribution in [2.24, 2.45) is 23.7 Å². The van der Waals surface area contributed by atoms with Crippen molar-refractivity contribution in [1.29, 1.82) is 0 Å². The van der Waals surface area contributed by atoms with Crippen LogP contribution in [0.15, 0.2) is 11.6 Å². The van der Waals surface area contributed by atoms with Crippen LogP contribution < -0.4 is 0 Å². The van der Waals surface area contributed by atoms with Gasteiger partial charge < -0.3 is 18.6 Å². The topological polar surface area (TPSA) is 71.1 Å². The van der Waals surface area contributed by atoms with E-state index in [2.05, 4.69) is 49.8 Å². The summed E-state index contributed by atoms with van der Waals surface area (Å²) in [6, 6.07) is 0. The summed E-state index contributed by atoms with van der Waals surface area (Å²) in [7, 11) is -0.580. The van der Waals surface area contributed by atoms with E-state index < -0.39 is 18.6 Å². The van der Waals surface area contributed by atoms with Crippen molar-refractivity contribution in [2.45, 2.75) is 61.9 Å². The first kappa shape index (κ1) is 21.5. The lowest BCUT2D eigenvalue weighted by molar-refractivity contribution is -0.202. The number of halogens is 1. The van der Waals surface area contributed by atoms with Gasteiger partial charge in [-0.05, 0) is 29.6 Å². The molecule has 1 saturated carbocycles. The Kier molecular flexibility index (Phi) is 5.12. The second kappa shape index (κ2) is 6.90. The Morgan fingerprint density at radius 2 is 2.07 bits per heavy atom. The number of methoxy groups -OCH3 is 1. The maximum absolute atomic E-state index is 12.8. The number of esters is 2. The van der Waals surface area contributed by atoms with Crippen molar-refractivity contribution in [1.82, 2.24) is 0 Å². The number of hydrogen-bond donors (Lipinski definition) is 0. The van der Waals surface area contributed by atoms with Gasteiger partial charge in [0.25, 0.3) is 0 Å². The van der Waals surface area contributed by atoms with Gasteiger partial charge in [-0.3, -0.25) is 9.59 Å². The minimum absolute atomic E-state index is 0.00450. The van der Waals surface area contributed by atoms with Gasteiger partial charge in [-0.25, -0.2) is 0 Å². The van der Waals surface area contributed by atoms with E-state index >= 15 is 0 Å². The first-order chi connectivity index (χ1) is 13.4. The molecule has 4 bridgehead atoms. The third kappa shape index (κ3) is 3.08. The van der Waals surface area contributed by atoms with Crippen LogP contribution in [-0.4, -0.2) is 57.1 Å². The van der Waals surface area contributed by atoms with Crippen molar-refractivity contribution in [2.75, 3.05) is 20.3 Å². The molecular weight excluding hydrogens is 456 g/mol. The number of carbonyl (C=O) groups excluding carboxylic acids is 2. The Morgan fingerprint density at radius 3 is 2.69 bits per heavy atom. The summed E-state index contributed by atoms with van der Waals surface area (Å²) >= 11 is 3.73. The van der Waals surface area contributed by atoms with E-state index in [0.29, 0.717) is 19.6 Å². The molecule has 7 atom stereocenters. The van der Waals surface area contributed by atoms with Gasteiger partial charge in [0.1, 0.15) is 6.10 Å². The lowest BCUT2D eigenvalue weighted by Gasteiger charge is -2.61. The molecule has 0 spiro atoms. The molecule has 6 nitrogen and oxygen atoms in total. The van der Waals surface area contributed by atoms with Gasteiger partial charge in [-0.2, -0.15) is 0 Å². The highest BCUT2D eigenvalue weighted by atomic mass is 79.9. The molecule has 3 saturated heterocycles. The van der Waals surface area contributed by atoms with Crippen LogP contribution in [0.5, 0.6) is 0 Å². The van der Waals surface area contributed by atoms with Gasteiger partial charge in [-0.15, -0.1) is 0 Å². The summed E-state index contributed by atoms with van der Waals surface area (Å²) in [5, 5.41) is 0.0714. The van der Waals surface area contributed by atoms with Crippen LogP contribution in [0.1, 0.15) is 27.2 Å². The zero-order valence-electron chi connectivity index (χ0n) is 18.0. The smallest absolute Gasteiger partial charge is 0.326 e. The lowest BCUT2D eigenvalue weighted by atomic mass is 9.56. The van der Waals surface area contributed by atoms with E-state index in [0.717, 1.165) is 5.57 Å². The predicted octanol–water partition coefficient (Wildman–Crippen LogP) is 3.45. The number of alkyl halides is 1. The highest BCUT2D eigenvalue weighted by molar-refractivity contribution is 9.10. The van der Waals surface area contributed by atoms with Gasteiger partial charge >= 0.3 is 11.9 Å². The van der Waals surface area contributed by atoms with E-state index in [4.69, 9.17) is 18.6 Å². The van der Waals surface area contributed by atoms with Crippen LogP contribution in [0.3, 0.4) is 0 Å².